The van der Waals surface area contributed by atoms with Crippen LogP contribution in [0.1, 0.15) is 57.3 Å². The molecule has 1 aromatic heterocycles. The Balaban J connectivity index is 2.01. The van der Waals surface area contributed by atoms with Crippen molar-refractivity contribution in [2.75, 3.05) is 13.1 Å². The van der Waals surface area contributed by atoms with Crippen LogP contribution in [0.5, 0.6) is 0 Å². The van der Waals surface area contributed by atoms with Gasteiger partial charge in [0.05, 0.1) is 5.69 Å². The number of aryl methyl sites for hydroxylation is 2. The van der Waals surface area contributed by atoms with E-state index in [1.165, 1.54) is 50.8 Å². The molecule has 1 aromatic rings. The second kappa shape index (κ2) is 7.82. The molecule has 0 amide bonds. The van der Waals surface area contributed by atoms with Crippen molar-refractivity contribution < 1.29 is 0 Å². The minimum Gasteiger partial charge on any atom is -0.316 e. The molecule has 20 heavy (non-hydrogen) atoms. The predicted molar refractivity (Wildman–Crippen MR) is 85.0 cm³/mol. The lowest BCUT2D eigenvalue weighted by molar-refractivity contribution is 0.315. The van der Waals surface area contributed by atoms with E-state index in [0.717, 1.165) is 30.6 Å². The Labute approximate surface area is 124 Å². The van der Waals surface area contributed by atoms with Crippen molar-refractivity contribution >= 4 is 0 Å². The first-order valence-electron chi connectivity index (χ1n) is 8.48. The van der Waals surface area contributed by atoms with Gasteiger partial charge in [0.15, 0.2) is 0 Å². The maximum Gasteiger partial charge on any atom is 0.0596 e. The zero-order chi connectivity index (χ0) is 14.4. The van der Waals surface area contributed by atoms with Crippen LogP contribution in [-0.4, -0.2) is 22.9 Å². The molecular formula is C17H31N3. The molecule has 1 saturated carbocycles. The standard InChI is InChI=1S/C17H31N3/c1-4-10-18-13-16(15-8-6-7-9-15)12-17-11-14(3)19-20(17)5-2/h11,15-16,18H,4-10,12-13H2,1-3H3. The van der Waals surface area contributed by atoms with Crippen LogP contribution in [0.3, 0.4) is 0 Å². The molecule has 0 aliphatic heterocycles. The van der Waals surface area contributed by atoms with E-state index in [1.54, 1.807) is 0 Å². The van der Waals surface area contributed by atoms with Gasteiger partial charge in [-0.15, -0.1) is 0 Å². The normalized spacial score (nSPS) is 17.8. The molecule has 1 atom stereocenters. The number of nitrogens with one attached hydrogen (secondary N) is 1. The third-order valence-corrected chi connectivity index (χ3v) is 4.66. The minimum atomic E-state index is 0.783. The number of hydrogen-bond acceptors (Lipinski definition) is 2. The SMILES string of the molecule is CCCNCC(Cc1cc(C)nn1CC)C1CCCC1. The van der Waals surface area contributed by atoms with Gasteiger partial charge in [-0.1, -0.05) is 32.6 Å². The summed E-state index contributed by atoms with van der Waals surface area (Å²) in [5.41, 5.74) is 2.59. The molecule has 1 unspecified atom stereocenters. The van der Waals surface area contributed by atoms with Crippen LogP contribution < -0.4 is 5.32 Å². The smallest absolute Gasteiger partial charge is 0.0596 e. The summed E-state index contributed by atoms with van der Waals surface area (Å²) in [5, 5.41) is 8.25. The number of aromatic nitrogens is 2. The van der Waals surface area contributed by atoms with E-state index in [-0.39, 0.29) is 0 Å². The molecule has 0 bridgehead atoms. The average Bonchev–Trinajstić information content (AvgIpc) is 3.07. The van der Waals surface area contributed by atoms with Gasteiger partial charge in [-0.3, -0.25) is 4.68 Å². The van der Waals surface area contributed by atoms with Gasteiger partial charge in [0.1, 0.15) is 0 Å². The number of nitrogens with zero attached hydrogens (tertiary/aromatic N) is 2. The Morgan fingerprint density at radius 2 is 2.10 bits per heavy atom. The topological polar surface area (TPSA) is 29.9 Å². The van der Waals surface area contributed by atoms with E-state index in [1.807, 2.05) is 0 Å². The summed E-state index contributed by atoms with van der Waals surface area (Å²) >= 11 is 0. The Morgan fingerprint density at radius 1 is 1.35 bits per heavy atom. The highest BCUT2D eigenvalue weighted by atomic mass is 15.3. The quantitative estimate of drug-likeness (QED) is 0.736. The first-order valence-corrected chi connectivity index (χ1v) is 8.48. The van der Waals surface area contributed by atoms with Gasteiger partial charge < -0.3 is 5.32 Å². The second-order valence-electron chi connectivity index (χ2n) is 6.31. The summed E-state index contributed by atoms with van der Waals surface area (Å²) in [4.78, 5) is 0. The summed E-state index contributed by atoms with van der Waals surface area (Å²) in [7, 11) is 0. The maximum atomic E-state index is 4.60. The highest BCUT2D eigenvalue weighted by Crippen LogP contribution is 2.33. The lowest BCUT2D eigenvalue weighted by Crippen LogP contribution is -2.30. The molecule has 0 radical (unpaired) electrons. The molecule has 1 N–H and O–H groups in total. The van der Waals surface area contributed by atoms with E-state index in [4.69, 9.17) is 0 Å². The molecule has 0 aromatic carbocycles. The molecule has 1 fully saturated rings. The predicted octanol–water partition coefficient (Wildman–Crippen LogP) is 3.56. The van der Waals surface area contributed by atoms with Crippen molar-refractivity contribution in [2.45, 2.75) is 65.8 Å². The van der Waals surface area contributed by atoms with E-state index in [2.05, 4.69) is 41.9 Å². The van der Waals surface area contributed by atoms with Crippen LogP contribution in [0.25, 0.3) is 0 Å². The fourth-order valence-corrected chi connectivity index (χ4v) is 3.60. The molecule has 1 aliphatic carbocycles. The van der Waals surface area contributed by atoms with Crippen LogP contribution in [0.15, 0.2) is 6.07 Å². The van der Waals surface area contributed by atoms with Crippen molar-refractivity contribution in [3.05, 3.63) is 17.5 Å². The minimum absolute atomic E-state index is 0.783. The molecule has 1 aliphatic rings. The van der Waals surface area contributed by atoms with E-state index in [9.17, 15) is 0 Å². The average molecular weight is 277 g/mol. The molecule has 114 valence electrons. The molecule has 3 nitrogen and oxygen atoms in total. The summed E-state index contributed by atoms with van der Waals surface area (Å²) in [5.74, 6) is 1.70. The second-order valence-corrected chi connectivity index (χ2v) is 6.31. The van der Waals surface area contributed by atoms with Crippen molar-refractivity contribution in [1.29, 1.82) is 0 Å². The van der Waals surface area contributed by atoms with Crippen LogP contribution in [0, 0.1) is 18.8 Å². The van der Waals surface area contributed by atoms with Crippen molar-refractivity contribution in [2.24, 2.45) is 11.8 Å². The Bertz CT molecular complexity index is 391. The van der Waals surface area contributed by atoms with Gasteiger partial charge in [0.2, 0.25) is 0 Å². The van der Waals surface area contributed by atoms with Crippen LogP contribution >= 0.6 is 0 Å². The summed E-state index contributed by atoms with van der Waals surface area (Å²) in [6, 6.07) is 2.28. The van der Waals surface area contributed by atoms with Crippen molar-refractivity contribution in [1.82, 2.24) is 15.1 Å². The molecule has 3 heteroatoms. The molecule has 0 spiro atoms. The zero-order valence-corrected chi connectivity index (χ0v) is 13.5. The maximum absolute atomic E-state index is 4.60. The molecule has 0 saturated heterocycles. The number of rotatable bonds is 8. The van der Waals surface area contributed by atoms with Gasteiger partial charge >= 0.3 is 0 Å². The summed E-state index contributed by atoms with van der Waals surface area (Å²) in [6.45, 7) is 9.85. The van der Waals surface area contributed by atoms with Crippen LogP contribution in [-0.2, 0) is 13.0 Å². The van der Waals surface area contributed by atoms with Gasteiger partial charge in [-0.2, -0.15) is 5.10 Å². The highest BCUT2D eigenvalue weighted by Gasteiger charge is 2.25. The van der Waals surface area contributed by atoms with Gasteiger partial charge in [-0.05, 0) is 57.7 Å². The van der Waals surface area contributed by atoms with E-state index in [0.29, 0.717) is 0 Å². The first kappa shape index (κ1) is 15.6. The molecule has 1 heterocycles. The summed E-state index contributed by atoms with van der Waals surface area (Å²) in [6.07, 6.45) is 8.14. The fourth-order valence-electron chi connectivity index (χ4n) is 3.60. The summed E-state index contributed by atoms with van der Waals surface area (Å²) < 4.78 is 2.19. The third kappa shape index (κ3) is 4.08. The number of hydrogen-bond donors (Lipinski definition) is 1. The monoisotopic (exact) mass is 277 g/mol. The zero-order valence-electron chi connectivity index (χ0n) is 13.5. The van der Waals surface area contributed by atoms with E-state index < -0.39 is 0 Å². The lowest BCUT2D eigenvalue weighted by atomic mass is 9.87. The van der Waals surface area contributed by atoms with Gasteiger partial charge in [-0.25, -0.2) is 0 Å². The Hall–Kier alpha value is -0.830. The highest BCUT2D eigenvalue weighted by molar-refractivity contribution is 5.10. The van der Waals surface area contributed by atoms with Crippen LogP contribution in [0.4, 0.5) is 0 Å². The molecular weight excluding hydrogens is 246 g/mol. The van der Waals surface area contributed by atoms with Crippen molar-refractivity contribution in [3.63, 3.8) is 0 Å². The van der Waals surface area contributed by atoms with Crippen molar-refractivity contribution in [3.8, 4) is 0 Å². The Kier molecular flexibility index (Phi) is 6.08. The largest absolute Gasteiger partial charge is 0.316 e. The van der Waals surface area contributed by atoms with Gasteiger partial charge in [0, 0.05) is 12.2 Å². The first-order chi connectivity index (χ1) is 9.74. The van der Waals surface area contributed by atoms with E-state index >= 15 is 0 Å². The Morgan fingerprint density at radius 3 is 2.75 bits per heavy atom. The third-order valence-electron chi connectivity index (χ3n) is 4.66. The fraction of sp³-hybridized carbons (Fsp3) is 0.824. The van der Waals surface area contributed by atoms with Gasteiger partial charge in [0.25, 0.3) is 0 Å². The van der Waals surface area contributed by atoms with Crippen LogP contribution in [0.2, 0.25) is 0 Å². The molecule has 2 rings (SSSR count). The lowest BCUT2D eigenvalue weighted by Gasteiger charge is -2.24.